The van der Waals surface area contributed by atoms with Crippen LogP contribution in [0.2, 0.25) is 0 Å². The first kappa shape index (κ1) is 23.6. The highest BCUT2D eigenvalue weighted by Gasteiger charge is 2.14. The first-order valence-corrected chi connectivity index (χ1v) is 10.4. The van der Waals surface area contributed by atoms with Crippen molar-refractivity contribution in [1.82, 2.24) is 25.4 Å². The van der Waals surface area contributed by atoms with Crippen molar-refractivity contribution in [3.63, 3.8) is 0 Å². The van der Waals surface area contributed by atoms with E-state index in [2.05, 4.69) is 37.3 Å². The van der Waals surface area contributed by atoms with Crippen molar-refractivity contribution in [1.29, 1.82) is 0 Å². The normalized spacial score (nSPS) is 14.0. The van der Waals surface area contributed by atoms with Crippen molar-refractivity contribution in [2.45, 2.75) is 58.9 Å². The molecular formula is C21H32FIN6. The van der Waals surface area contributed by atoms with Crippen LogP contribution in [-0.2, 0) is 25.8 Å². The van der Waals surface area contributed by atoms with Gasteiger partial charge in [-0.1, -0.05) is 12.5 Å². The Morgan fingerprint density at radius 1 is 1.17 bits per heavy atom. The molecular weight excluding hydrogens is 482 g/mol. The molecule has 3 rings (SSSR count). The number of nitrogens with zero attached hydrogens (tertiary/aromatic N) is 4. The molecule has 160 valence electrons. The summed E-state index contributed by atoms with van der Waals surface area (Å²) >= 11 is 0. The molecule has 0 atom stereocenters. The van der Waals surface area contributed by atoms with Gasteiger partial charge in [0.25, 0.3) is 0 Å². The molecule has 0 aliphatic carbocycles. The van der Waals surface area contributed by atoms with E-state index in [1.165, 1.54) is 25.3 Å². The molecule has 0 unspecified atom stereocenters. The van der Waals surface area contributed by atoms with E-state index in [0.29, 0.717) is 6.54 Å². The van der Waals surface area contributed by atoms with Gasteiger partial charge in [0.15, 0.2) is 5.96 Å². The molecule has 1 aliphatic heterocycles. The second-order valence-corrected chi connectivity index (χ2v) is 7.25. The third-order valence-electron chi connectivity index (χ3n) is 5.13. The third kappa shape index (κ3) is 6.94. The fourth-order valence-corrected chi connectivity index (χ4v) is 3.60. The topological polar surface area (TPSA) is 67.1 Å². The van der Waals surface area contributed by atoms with E-state index in [0.717, 1.165) is 67.6 Å². The number of aryl methyl sites for hydroxylation is 2. The molecule has 2 heterocycles. The second kappa shape index (κ2) is 12.1. The largest absolute Gasteiger partial charge is 0.357 e. The molecule has 8 heteroatoms. The molecule has 29 heavy (non-hydrogen) atoms. The summed E-state index contributed by atoms with van der Waals surface area (Å²) in [6, 6.07) is 4.95. The van der Waals surface area contributed by atoms with Gasteiger partial charge in [-0.15, -0.1) is 34.2 Å². The summed E-state index contributed by atoms with van der Waals surface area (Å²) in [6.45, 7) is 7.25. The van der Waals surface area contributed by atoms with E-state index in [9.17, 15) is 4.39 Å². The SMILES string of the molecule is CCNC(=NCCc1nnc2n1CCCCC2)NCCc1ccc(F)cc1C.I. The highest BCUT2D eigenvalue weighted by molar-refractivity contribution is 14.0. The van der Waals surface area contributed by atoms with E-state index in [1.54, 1.807) is 6.07 Å². The molecule has 1 aliphatic rings. The van der Waals surface area contributed by atoms with Crippen LogP contribution in [0.3, 0.4) is 0 Å². The summed E-state index contributed by atoms with van der Waals surface area (Å²) < 4.78 is 15.5. The van der Waals surface area contributed by atoms with E-state index >= 15 is 0 Å². The number of aromatic nitrogens is 3. The molecule has 0 radical (unpaired) electrons. The molecule has 1 aromatic heterocycles. The monoisotopic (exact) mass is 514 g/mol. The summed E-state index contributed by atoms with van der Waals surface area (Å²) in [7, 11) is 0. The fraction of sp³-hybridized carbons (Fsp3) is 0.571. The van der Waals surface area contributed by atoms with Crippen LogP contribution in [0.4, 0.5) is 4.39 Å². The van der Waals surface area contributed by atoms with Gasteiger partial charge in [-0.3, -0.25) is 4.99 Å². The molecule has 2 N–H and O–H groups in total. The lowest BCUT2D eigenvalue weighted by atomic mass is 10.1. The lowest BCUT2D eigenvalue weighted by Crippen LogP contribution is -2.38. The molecule has 0 saturated carbocycles. The van der Waals surface area contributed by atoms with Gasteiger partial charge in [-0.25, -0.2) is 4.39 Å². The molecule has 1 aromatic carbocycles. The quantitative estimate of drug-likeness (QED) is 0.338. The molecule has 0 bridgehead atoms. The zero-order valence-electron chi connectivity index (χ0n) is 17.4. The smallest absolute Gasteiger partial charge is 0.191 e. The Morgan fingerprint density at radius 3 is 2.83 bits per heavy atom. The van der Waals surface area contributed by atoms with Crippen LogP contribution in [-0.4, -0.2) is 40.4 Å². The number of fused-ring (bicyclic) bond motifs is 1. The van der Waals surface area contributed by atoms with Gasteiger partial charge in [0, 0.05) is 39.0 Å². The highest BCUT2D eigenvalue weighted by Crippen LogP contribution is 2.14. The Labute approximate surface area is 189 Å². The average molecular weight is 514 g/mol. The van der Waals surface area contributed by atoms with Crippen LogP contribution in [0, 0.1) is 12.7 Å². The maximum atomic E-state index is 13.2. The number of hydrogen-bond donors (Lipinski definition) is 2. The van der Waals surface area contributed by atoms with Crippen molar-refractivity contribution in [2.75, 3.05) is 19.6 Å². The van der Waals surface area contributed by atoms with Crippen LogP contribution in [0.5, 0.6) is 0 Å². The minimum atomic E-state index is -0.185. The van der Waals surface area contributed by atoms with Gasteiger partial charge in [0.05, 0.1) is 0 Å². The minimum absolute atomic E-state index is 0. The Kier molecular flexibility index (Phi) is 9.83. The lowest BCUT2D eigenvalue weighted by molar-refractivity contribution is 0.604. The first-order valence-electron chi connectivity index (χ1n) is 10.4. The van der Waals surface area contributed by atoms with E-state index in [-0.39, 0.29) is 29.8 Å². The number of guanidine groups is 1. The van der Waals surface area contributed by atoms with E-state index < -0.39 is 0 Å². The van der Waals surface area contributed by atoms with Crippen molar-refractivity contribution in [3.8, 4) is 0 Å². The number of nitrogens with one attached hydrogen (secondary N) is 2. The molecule has 2 aromatic rings. The van der Waals surface area contributed by atoms with Gasteiger partial charge < -0.3 is 15.2 Å². The second-order valence-electron chi connectivity index (χ2n) is 7.25. The molecule has 0 fully saturated rings. The van der Waals surface area contributed by atoms with Crippen LogP contribution >= 0.6 is 24.0 Å². The summed E-state index contributed by atoms with van der Waals surface area (Å²) in [5.74, 6) is 2.78. The van der Waals surface area contributed by atoms with Gasteiger partial charge in [0.1, 0.15) is 17.5 Å². The van der Waals surface area contributed by atoms with Crippen molar-refractivity contribution in [3.05, 3.63) is 46.8 Å². The van der Waals surface area contributed by atoms with Crippen LogP contribution < -0.4 is 10.6 Å². The Morgan fingerprint density at radius 2 is 2.03 bits per heavy atom. The first-order chi connectivity index (χ1) is 13.7. The predicted molar refractivity (Wildman–Crippen MR) is 126 cm³/mol. The fourth-order valence-electron chi connectivity index (χ4n) is 3.60. The number of halogens is 2. The summed E-state index contributed by atoms with van der Waals surface area (Å²) in [6.07, 6.45) is 6.33. The van der Waals surface area contributed by atoms with Crippen molar-refractivity contribution >= 4 is 29.9 Å². The van der Waals surface area contributed by atoms with Crippen LogP contribution in [0.25, 0.3) is 0 Å². The van der Waals surface area contributed by atoms with Crippen LogP contribution in [0.15, 0.2) is 23.2 Å². The van der Waals surface area contributed by atoms with Gasteiger partial charge in [-0.2, -0.15) is 0 Å². The maximum Gasteiger partial charge on any atom is 0.191 e. The summed E-state index contributed by atoms with van der Waals surface area (Å²) in [5, 5.41) is 15.4. The number of benzene rings is 1. The van der Waals surface area contributed by atoms with Gasteiger partial charge in [0.2, 0.25) is 0 Å². The third-order valence-corrected chi connectivity index (χ3v) is 5.13. The lowest BCUT2D eigenvalue weighted by Gasteiger charge is -2.12. The highest BCUT2D eigenvalue weighted by atomic mass is 127. The molecule has 6 nitrogen and oxygen atoms in total. The molecule has 0 spiro atoms. The minimum Gasteiger partial charge on any atom is -0.357 e. The summed E-state index contributed by atoms with van der Waals surface area (Å²) in [5.41, 5.74) is 2.13. The Hall–Kier alpha value is -1.71. The zero-order chi connectivity index (χ0) is 19.8. The van der Waals surface area contributed by atoms with E-state index in [4.69, 9.17) is 0 Å². The molecule has 0 amide bonds. The van der Waals surface area contributed by atoms with Crippen molar-refractivity contribution in [2.24, 2.45) is 4.99 Å². The van der Waals surface area contributed by atoms with Crippen LogP contribution in [0.1, 0.15) is 49.0 Å². The zero-order valence-corrected chi connectivity index (χ0v) is 19.7. The number of rotatable bonds is 7. The number of aliphatic imine (C=N–C) groups is 1. The van der Waals surface area contributed by atoms with Gasteiger partial charge in [-0.05, 0) is 56.4 Å². The average Bonchev–Trinajstić information content (AvgIpc) is 2.90. The predicted octanol–water partition coefficient (Wildman–Crippen LogP) is 3.41. The number of hydrogen-bond acceptors (Lipinski definition) is 3. The summed E-state index contributed by atoms with van der Waals surface area (Å²) in [4.78, 5) is 4.68. The molecule has 0 saturated heterocycles. The standard InChI is InChI=1S/C21H31FN6.HI/c1-3-23-21(24-12-10-17-8-9-18(22)15-16(17)2)25-13-11-20-27-26-19-7-5-4-6-14-28(19)20;/h8-9,15H,3-7,10-14H2,1-2H3,(H2,23,24,25);1H. The maximum absolute atomic E-state index is 13.2. The Bertz CT molecular complexity index is 804. The van der Waals surface area contributed by atoms with Crippen molar-refractivity contribution < 1.29 is 4.39 Å². The van der Waals surface area contributed by atoms with Gasteiger partial charge >= 0.3 is 0 Å². The van der Waals surface area contributed by atoms with E-state index in [1.807, 2.05) is 13.0 Å². The Balaban J connectivity index is 0.00000300.